The highest BCUT2D eigenvalue weighted by molar-refractivity contribution is 5.82. The number of hydrogen-bond acceptors (Lipinski definition) is 8. The fourth-order valence-corrected chi connectivity index (χ4v) is 4.48. The number of hydrogen-bond donors (Lipinski definition) is 2. The molecule has 0 aliphatic carbocycles. The number of ether oxygens (including phenoxy) is 2. The zero-order valence-electron chi connectivity index (χ0n) is 20.9. The minimum Gasteiger partial charge on any atom is -0.493 e. The minimum atomic E-state index is -0.345. The Hall–Kier alpha value is -3.98. The Morgan fingerprint density at radius 2 is 1.84 bits per heavy atom. The lowest BCUT2D eigenvalue weighted by Crippen LogP contribution is -2.31. The summed E-state index contributed by atoms with van der Waals surface area (Å²) in [5.74, 6) is 2.01. The number of methoxy groups -OCH3 is 1. The van der Waals surface area contributed by atoms with Crippen LogP contribution in [0.3, 0.4) is 0 Å². The smallest absolute Gasteiger partial charge is 0.229 e. The number of rotatable bonds is 10. The molecule has 1 aliphatic rings. The van der Waals surface area contributed by atoms with Crippen LogP contribution in [0.2, 0.25) is 0 Å². The van der Waals surface area contributed by atoms with Crippen molar-refractivity contribution in [2.24, 2.45) is 0 Å². The highest BCUT2D eigenvalue weighted by Gasteiger charge is 2.11. The van der Waals surface area contributed by atoms with Gasteiger partial charge in [0, 0.05) is 29.9 Å². The van der Waals surface area contributed by atoms with E-state index >= 15 is 0 Å². The monoisotopic (exact) mass is 502 g/mol. The van der Waals surface area contributed by atoms with E-state index in [9.17, 15) is 4.39 Å². The van der Waals surface area contributed by atoms with Crippen molar-refractivity contribution < 1.29 is 13.9 Å². The van der Waals surface area contributed by atoms with E-state index in [0.29, 0.717) is 46.5 Å². The van der Waals surface area contributed by atoms with Gasteiger partial charge in [-0.05, 0) is 62.7 Å². The van der Waals surface area contributed by atoms with Gasteiger partial charge >= 0.3 is 0 Å². The second-order valence-electron chi connectivity index (χ2n) is 9.02. The predicted molar refractivity (Wildman–Crippen MR) is 144 cm³/mol. The highest BCUT2D eigenvalue weighted by Crippen LogP contribution is 2.31. The number of aromatic nitrogens is 3. The molecular formula is C28H31FN6O2. The molecule has 5 rings (SSSR count). The summed E-state index contributed by atoms with van der Waals surface area (Å²) in [6.07, 6.45) is 8.17. The molecule has 9 heteroatoms. The number of nitrogens with zero attached hydrogens (tertiary/aromatic N) is 4. The molecule has 1 fully saturated rings. The molecule has 0 atom stereocenters. The third kappa shape index (κ3) is 6.42. The van der Waals surface area contributed by atoms with E-state index in [1.165, 1.54) is 38.4 Å². The third-order valence-electron chi connectivity index (χ3n) is 6.33. The van der Waals surface area contributed by atoms with Crippen LogP contribution in [-0.4, -0.2) is 53.2 Å². The molecule has 0 saturated carbocycles. The maximum Gasteiger partial charge on any atom is 0.229 e. The summed E-state index contributed by atoms with van der Waals surface area (Å²) in [5, 5.41) is 7.12. The van der Waals surface area contributed by atoms with Gasteiger partial charge in [0.25, 0.3) is 0 Å². The molecule has 3 heterocycles. The zero-order valence-corrected chi connectivity index (χ0v) is 20.9. The van der Waals surface area contributed by atoms with Crippen molar-refractivity contribution in [3.63, 3.8) is 0 Å². The fourth-order valence-electron chi connectivity index (χ4n) is 4.48. The second-order valence-corrected chi connectivity index (χ2v) is 9.02. The first-order chi connectivity index (χ1) is 18.2. The summed E-state index contributed by atoms with van der Waals surface area (Å²) in [7, 11) is 1.63. The summed E-state index contributed by atoms with van der Waals surface area (Å²) >= 11 is 0. The van der Waals surface area contributed by atoms with Crippen LogP contribution in [0.4, 0.5) is 27.5 Å². The van der Waals surface area contributed by atoms with Crippen molar-refractivity contribution in [2.75, 3.05) is 44.0 Å². The molecule has 2 aromatic carbocycles. The Kier molecular flexibility index (Phi) is 7.90. The van der Waals surface area contributed by atoms with Gasteiger partial charge in [0.1, 0.15) is 17.2 Å². The molecule has 0 bridgehead atoms. The fraction of sp³-hybridized carbons (Fsp3) is 0.321. The van der Waals surface area contributed by atoms with E-state index in [0.717, 1.165) is 18.7 Å². The Morgan fingerprint density at radius 3 is 2.70 bits per heavy atom. The van der Waals surface area contributed by atoms with Crippen molar-refractivity contribution in [3.8, 4) is 11.5 Å². The summed E-state index contributed by atoms with van der Waals surface area (Å²) in [6, 6.07) is 14.1. The summed E-state index contributed by atoms with van der Waals surface area (Å²) < 4.78 is 25.5. The Balaban J connectivity index is 1.20. The second kappa shape index (κ2) is 11.8. The molecule has 2 N–H and O–H groups in total. The number of benzene rings is 2. The SMILES string of the molecule is COc1cc(Nc2nccc(Nc3cnc4c(F)cccc4c3)n2)ccc1OCCCN1CCCCC1. The lowest BCUT2D eigenvalue weighted by atomic mass is 10.1. The first kappa shape index (κ1) is 24.7. The normalized spacial score (nSPS) is 13.9. The predicted octanol–water partition coefficient (Wildman–Crippen LogP) is 5.91. The molecule has 2 aromatic heterocycles. The first-order valence-corrected chi connectivity index (χ1v) is 12.6. The van der Waals surface area contributed by atoms with Crippen molar-refractivity contribution in [3.05, 3.63) is 66.7 Å². The van der Waals surface area contributed by atoms with Crippen LogP contribution in [0.5, 0.6) is 11.5 Å². The number of pyridine rings is 1. The van der Waals surface area contributed by atoms with Crippen LogP contribution in [0.25, 0.3) is 10.9 Å². The van der Waals surface area contributed by atoms with Gasteiger partial charge in [-0.3, -0.25) is 4.98 Å². The number of fused-ring (bicyclic) bond motifs is 1. The third-order valence-corrected chi connectivity index (χ3v) is 6.33. The molecule has 0 unspecified atom stereocenters. The van der Waals surface area contributed by atoms with Crippen molar-refractivity contribution >= 4 is 34.0 Å². The standard InChI is InChI=1S/C28H31FN6O2/c1-36-25-18-21(9-10-24(25)37-16-6-15-35-13-3-2-4-14-35)33-28-30-12-11-26(34-28)32-22-17-20-7-5-8-23(29)27(20)31-19-22/h5,7-12,17-19H,2-4,6,13-16H2,1H3,(H2,30,32,33,34). The van der Waals surface area contributed by atoms with Gasteiger partial charge in [-0.2, -0.15) is 4.98 Å². The van der Waals surface area contributed by atoms with Crippen molar-refractivity contribution in [2.45, 2.75) is 25.7 Å². The Labute approximate surface area is 215 Å². The largest absolute Gasteiger partial charge is 0.493 e. The van der Waals surface area contributed by atoms with E-state index in [2.05, 4.69) is 30.5 Å². The van der Waals surface area contributed by atoms with Gasteiger partial charge < -0.3 is 25.0 Å². The number of nitrogens with one attached hydrogen (secondary N) is 2. The lowest BCUT2D eigenvalue weighted by Gasteiger charge is -2.26. The van der Waals surface area contributed by atoms with Crippen LogP contribution in [0.1, 0.15) is 25.7 Å². The van der Waals surface area contributed by atoms with Crippen molar-refractivity contribution in [1.29, 1.82) is 0 Å². The van der Waals surface area contributed by atoms with Crippen LogP contribution in [0, 0.1) is 5.82 Å². The van der Waals surface area contributed by atoms with Crippen LogP contribution < -0.4 is 20.1 Å². The maximum atomic E-state index is 13.9. The van der Waals surface area contributed by atoms with Gasteiger partial charge in [0.05, 0.1) is 25.6 Å². The molecule has 1 aliphatic heterocycles. The minimum absolute atomic E-state index is 0.335. The molecular weight excluding hydrogens is 471 g/mol. The van der Waals surface area contributed by atoms with Crippen molar-refractivity contribution in [1.82, 2.24) is 19.9 Å². The van der Waals surface area contributed by atoms with Gasteiger partial charge in [-0.15, -0.1) is 0 Å². The Morgan fingerprint density at radius 1 is 0.946 bits per heavy atom. The highest BCUT2D eigenvalue weighted by atomic mass is 19.1. The van der Waals surface area contributed by atoms with E-state index in [4.69, 9.17) is 9.47 Å². The summed E-state index contributed by atoms with van der Waals surface area (Å²) in [4.78, 5) is 15.6. The van der Waals surface area contributed by atoms with Gasteiger partial charge in [0.15, 0.2) is 11.5 Å². The first-order valence-electron chi connectivity index (χ1n) is 12.6. The van der Waals surface area contributed by atoms with Gasteiger partial charge in [0.2, 0.25) is 5.95 Å². The van der Waals surface area contributed by atoms with E-state index in [-0.39, 0.29) is 5.82 Å². The number of likely N-dealkylation sites (tertiary alicyclic amines) is 1. The molecule has 8 nitrogen and oxygen atoms in total. The average Bonchev–Trinajstić information content (AvgIpc) is 2.92. The van der Waals surface area contributed by atoms with E-state index < -0.39 is 0 Å². The molecule has 0 amide bonds. The van der Waals surface area contributed by atoms with Gasteiger partial charge in [-0.1, -0.05) is 18.6 Å². The van der Waals surface area contributed by atoms with E-state index in [1.54, 1.807) is 31.6 Å². The molecule has 37 heavy (non-hydrogen) atoms. The number of para-hydroxylation sites is 1. The molecule has 0 spiro atoms. The number of anilines is 4. The summed E-state index contributed by atoms with van der Waals surface area (Å²) in [5.41, 5.74) is 1.81. The van der Waals surface area contributed by atoms with Crippen LogP contribution in [0.15, 0.2) is 60.9 Å². The molecule has 192 valence electrons. The average molecular weight is 503 g/mol. The van der Waals surface area contributed by atoms with E-state index in [1.807, 2.05) is 30.3 Å². The lowest BCUT2D eigenvalue weighted by molar-refractivity contribution is 0.203. The van der Waals surface area contributed by atoms with Crippen LogP contribution >= 0.6 is 0 Å². The summed E-state index contributed by atoms with van der Waals surface area (Å²) in [6.45, 7) is 4.10. The molecule has 4 aromatic rings. The van der Waals surface area contributed by atoms with Gasteiger partial charge in [-0.25, -0.2) is 9.37 Å². The maximum absolute atomic E-state index is 13.9. The number of halogens is 1. The topological polar surface area (TPSA) is 84.4 Å². The van der Waals surface area contributed by atoms with Crippen LogP contribution in [-0.2, 0) is 0 Å². The molecule has 1 saturated heterocycles. The zero-order chi connectivity index (χ0) is 25.5. The number of piperidine rings is 1. The quantitative estimate of drug-likeness (QED) is 0.259. The Bertz CT molecular complexity index is 1350. The molecule has 0 radical (unpaired) electrons.